The van der Waals surface area contributed by atoms with E-state index in [9.17, 15) is 22.8 Å². The van der Waals surface area contributed by atoms with E-state index in [1.54, 1.807) is 0 Å². The van der Waals surface area contributed by atoms with Gasteiger partial charge in [0, 0.05) is 18.7 Å². The minimum absolute atomic E-state index is 0.0271. The van der Waals surface area contributed by atoms with E-state index in [4.69, 9.17) is 0 Å². The summed E-state index contributed by atoms with van der Waals surface area (Å²) >= 11 is 0. The predicted molar refractivity (Wildman–Crippen MR) is 76.1 cm³/mol. The van der Waals surface area contributed by atoms with Crippen molar-refractivity contribution in [1.82, 2.24) is 9.80 Å². The molecular weight excluding hydrogens is 309 g/mol. The quantitative estimate of drug-likeness (QED) is 0.801. The van der Waals surface area contributed by atoms with Gasteiger partial charge in [-0.3, -0.25) is 19.4 Å². The monoisotopic (exact) mass is 324 g/mol. The lowest BCUT2D eigenvalue weighted by atomic mass is 9.78. The number of amides is 2. The van der Waals surface area contributed by atoms with Gasteiger partial charge in [0.05, 0.1) is 6.54 Å². The van der Waals surface area contributed by atoms with Crippen LogP contribution in [0.2, 0.25) is 0 Å². The Morgan fingerprint density at radius 2 is 1.65 bits per heavy atom. The summed E-state index contributed by atoms with van der Waals surface area (Å²) in [6, 6.07) is 5.93. The van der Waals surface area contributed by atoms with E-state index in [-0.39, 0.29) is 18.5 Å². The highest BCUT2D eigenvalue weighted by Crippen LogP contribution is 2.51. The molecule has 0 aromatic heterocycles. The third-order valence-electron chi connectivity index (χ3n) is 4.60. The van der Waals surface area contributed by atoms with Crippen molar-refractivity contribution in [3.05, 3.63) is 47.5 Å². The molecule has 0 aliphatic carbocycles. The molecule has 7 heteroatoms. The van der Waals surface area contributed by atoms with E-state index in [2.05, 4.69) is 0 Å². The van der Waals surface area contributed by atoms with Crippen LogP contribution < -0.4 is 0 Å². The fourth-order valence-electron chi connectivity index (χ4n) is 3.10. The van der Waals surface area contributed by atoms with Crippen LogP contribution in [0.5, 0.6) is 0 Å². The highest BCUT2D eigenvalue weighted by atomic mass is 19.4. The summed E-state index contributed by atoms with van der Waals surface area (Å²) in [4.78, 5) is 25.4. The largest absolute Gasteiger partial charge is 0.411 e. The zero-order valence-electron chi connectivity index (χ0n) is 12.4. The molecule has 1 saturated heterocycles. The Hall–Kier alpha value is -2.15. The van der Waals surface area contributed by atoms with Gasteiger partial charge in [-0.25, -0.2) is 0 Å². The van der Waals surface area contributed by atoms with E-state index in [0.717, 1.165) is 4.90 Å². The van der Waals surface area contributed by atoms with Gasteiger partial charge in [0.2, 0.25) is 0 Å². The lowest BCUT2D eigenvalue weighted by molar-refractivity contribution is -0.267. The Labute approximate surface area is 131 Å². The summed E-state index contributed by atoms with van der Waals surface area (Å²) in [6.07, 6.45) is -1.97. The van der Waals surface area contributed by atoms with Crippen LogP contribution in [0.25, 0.3) is 0 Å². The second-order valence-corrected chi connectivity index (χ2v) is 5.82. The fraction of sp³-hybridized carbons (Fsp3) is 0.375. The van der Waals surface area contributed by atoms with Crippen molar-refractivity contribution in [2.45, 2.75) is 24.7 Å². The van der Waals surface area contributed by atoms with Gasteiger partial charge in [-0.05, 0) is 24.6 Å². The highest BCUT2D eigenvalue weighted by Gasteiger charge is 2.62. The first-order valence-corrected chi connectivity index (χ1v) is 7.16. The zero-order chi connectivity index (χ0) is 16.8. The SMILES string of the molecule is CN1CCC1(c1ccc(CN2C(=O)C=CC2=O)cc1)C(F)(F)F. The molecule has 0 bridgehead atoms. The molecule has 2 heterocycles. The van der Waals surface area contributed by atoms with Gasteiger partial charge < -0.3 is 0 Å². The molecule has 0 saturated carbocycles. The second kappa shape index (κ2) is 5.19. The smallest absolute Gasteiger partial charge is 0.289 e. The molecule has 0 spiro atoms. The molecule has 122 valence electrons. The van der Waals surface area contributed by atoms with Gasteiger partial charge in [0.1, 0.15) is 5.54 Å². The Morgan fingerprint density at radius 1 is 1.09 bits per heavy atom. The van der Waals surface area contributed by atoms with Crippen LogP contribution in [-0.2, 0) is 21.7 Å². The summed E-state index contributed by atoms with van der Waals surface area (Å²) in [6.45, 7) is 0.448. The number of benzene rings is 1. The molecule has 2 aliphatic rings. The van der Waals surface area contributed by atoms with Crippen LogP contribution in [0.15, 0.2) is 36.4 Å². The first-order valence-electron chi connectivity index (χ1n) is 7.16. The highest BCUT2D eigenvalue weighted by molar-refractivity contribution is 6.12. The summed E-state index contributed by atoms with van der Waals surface area (Å²) in [5.41, 5.74) is -1.15. The van der Waals surface area contributed by atoms with Gasteiger partial charge in [-0.2, -0.15) is 13.2 Å². The fourth-order valence-corrected chi connectivity index (χ4v) is 3.10. The first kappa shape index (κ1) is 15.7. The molecule has 1 fully saturated rings. The molecule has 0 radical (unpaired) electrons. The minimum atomic E-state index is -4.35. The van der Waals surface area contributed by atoms with Crippen molar-refractivity contribution in [3.8, 4) is 0 Å². The van der Waals surface area contributed by atoms with E-state index in [1.807, 2.05) is 0 Å². The molecule has 0 N–H and O–H groups in total. The molecule has 1 aromatic carbocycles. The third-order valence-corrected chi connectivity index (χ3v) is 4.60. The van der Waals surface area contributed by atoms with E-state index in [1.165, 1.54) is 48.4 Å². The van der Waals surface area contributed by atoms with Crippen molar-refractivity contribution >= 4 is 11.8 Å². The zero-order valence-corrected chi connectivity index (χ0v) is 12.4. The Kier molecular flexibility index (Phi) is 3.55. The minimum Gasteiger partial charge on any atom is -0.289 e. The Bertz CT molecular complexity index is 664. The average Bonchev–Trinajstić information content (AvgIpc) is 2.78. The third kappa shape index (κ3) is 2.35. The molecule has 1 atom stereocenters. The van der Waals surface area contributed by atoms with Gasteiger partial charge in [-0.15, -0.1) is 0 Å². The number of likely N-dealkylation sites (tertiary alicyclic amines) is 1. The standard InChI is InChI=1S/C16H15F3N2O2/c1-20-9-8-15(20,16(17,18)19)12-4-2-11(3-5-12)10-21-13(22)6-7-14(21)23/h2-7H,8-10H2,1H3. The predicted octanol–water partition coefficient (Wildman–Crippen LogP) is 2.20. The maximum Gasteiger partial charge on any atom is 0.411 e. The number of hydrogen-bond donors (Lipinski definition) is 0. The molecule has 4 nitrogen and oxygen atoms in total. The number of carbonyl (C=O) groups is 2. The Morgan fingerprint density at radius 3 is 2.04 bits per heavy atom. The number of alkyl halides is 3. The first-order chi connectivity index (χ1) is 10.8. The molecule has 23 heavy (non-hydrogen) atoms. The van der Waals surface area contributed by atoms with Crippen LogP contribution in [0.1, 0.15) is 17.5 Å². The number of rotatable bonds is 3. The van der Waals surface area contributed by atoms with Crippen molar-refractivity contribution in [1.29, 1.82) is 0 Å². The summed E-state index contributed by atoms with van der Waals surface area (Å²) in [5.74, 6) is -0.825. The number of hydrogen-bond acceptors (Lipinski definition) is 3. The number of nitrogens with zero attached hydrogens (tertiary/aromatic N) is 2. The molecule has 1 unspecified atom stereocenters. The van der Waals surface area contributed by atoms with Crippen molar-refractivity contribution in [2.75, 3.05) is 13.6 Å². The maximum atomic E-state index is 13.5. The lowest BCUT2D eigenvalue weighted by Gasteiger charge is -2.51. The summed E-state index contributed by atoms with van der Waals surface area (Å²) in [7, 11) is 1.46. The van der Waals surface area contributed by atoms with Crippen LogP contribution in [0, 0.1) is 0 Å². The molecule has 1 aromatic rings. The maximum absolute atomic E-state index is 13.5. The number of carbonyl (C=O) groups excluding carboxylic acids is 2. The Balaban J connectivity index is 1.82. The van der Waals surface area contributed by atoms with Crippen LogP contribution >= 0.6 is 0 Å². The van der Waals surface area contributed by atoms with Crippen molar-refractivity contribution in [2.24, 2.45) is 0 Å². The number of halogens is 3. The van der Waals surface area contributed by atoms with Crippen molar-refractivity contribution in [3.63, 3.8) is 0 Å². The lowest BCUT2D eigenvalue weighted by Crippen LogP contribution is -2.63. The van der Waals surface area contributed by atoms with E-state index in [0.29, 0.717) is 12.1 Å². The molecular formula is C16H15F3N2O2. The molecule has 2 aliphatic heterocycles. The summed E-state index contributed by atoms with van der Waals surface area (Å²) in [5, 5.41) is 0. The van der Waals surface area contributed by atoms with Gasteiger partial charge >= 0.3 is 6.18 Å². The van der Waals surface area contributed by atoms with E-state index >= 15 is 0 Å². The second-order valence-electron chi connectivity index (χ2n) is 5.82. The van der Waals surface area contributed by atoms with Crippen LogP contribution in [0.4, 0.5) is 13.2 Å². The average molecular weight is 324 g/mol. The van der Waals surface area contributed by atoms with Gasteiger partial charge in [-0.1, -0.05) is 24.3 Å². The number of imide groups is 1. The molecule has 3 rings (SSSR count). The van der Waals surface area contributed by atoms with Crippen LogP contribution in [-0.4, -0.2) is 41.4 Å². The summed E-state index contributed by atoms with van der Waals surface area (Å²) < 4.78 is 40.4. The van der Waals surface area contributed by atoms with Gasteiger partial charge in [0.15, 0.2) is 0 Å². The van der Waals surface area contributed by atoms with E-state index < -0.39 is 23.5 Å². The normalized spacial score (nSPS) is 25.1. The topological polar surface area (TPSA) is 40.6 Å². The van der Waals surface area contributed by atoms with Crippen molar-refractivity contribution < 1.29 is 22.8 Å². The van der Waals surface area contributed by atoms with Crippen LogP contribution in [0.3, 0.4) is 0 Å². The van der Waals surface area contributed by atoms with Gasteiger partial charge in [0.25, 0.3) is 11.8 Å². The molecule has 2 amide bonds.